The largest absolute Gasteiger partial charge is 0.497 e. The van der Waals surface area contributed by atoms with Gasteiger partial charge in [-0.25, -0.2) is 0 Å². The molecule has 5 nitrogen and oxygen atoms in total. The number of methoxy groups -OCH3 is 1. The second-order valence-electron chi connectivity index (χ2n) is 4.26. The average Bonchev–Trinajstić information content (AvgIpc) is 2.54. The smallest absolute Gasteiger partial charge is 0.262 e. The van der Waals surface area contributed by atoms with Gasteiger partial charge in [-0.1, -0.05) is 12.1 Å². The van der Waals surface area contributed by atoms with Crippen molar-refractivity contribution in [1.29, 1.82) is 0 Å². The maximum Gasteiger partial charge on any atom is 0.262 e. The zero-order valence-electron chi connectivity index (χ0n) is 11.5. The zero-order chi connectivity index (χ0) is 15.1. The van der Waals surface area contributed by atoms with Gasteiger partial charge in [-0.05, 0) is 36.4 Å². The lowest BCUT2D eigenvalue weighted by Gasteiger charge is -2.08. The summed E-state index contributed by atoms with van der Waals surface area (Å²) in [7, 11) is 1.58. The lowest BCUT2D eigenvalue weighted by atomic mass is 10.2. The summed E-state index contributed by atoms with van der Waals surface area (Å²) in [5, 5.41) is 2.70. The van der Waals surface area contributed by atoms with Crippen molar-refractivity contribution in [3.05, 3.63) is 54.1 Å². The third-order valence-electron chi connectivity index (χ3n) is 2.74. The SMILES string of the molecule is COc1ccc(NC(=O)COc2cccc(C=O)c2)cc1. The summed E-state index contributed by atoms with van der Waals surface area (Å²) in [6.07, 6.45) is 0.726. The van der Waals surface area contributed by atoms with E-state index in [-0.39, 0.29) is 12.5 Å². The van der Waals surface area contributed by atoms with Crippen LogP contribution in [0.25, 0.3) is 0 Å². The number of aldehydes is 1. The van der Waals surface area contributed by atoms with Crippen LogP contribution in [0.4, 0.5) is 5.69 Å². The number of carbonyl (C=O) groups excluding carboxylic acids is 2. The van der Waals surface area contributed by atoms with Crippen LogP contribution >= 0.6 is 0 Å². The highest BCUT2D eigenvalue weighted by molar-refractivity contribution is 5.91. The first-order valence-electron chi connectivity index (χ1n) is 6.33. The van der Waals surface area contributed by atoms with Crippen molar-refractivity contribution in [1.82, 2.24) is 0 Å². The molecule has 0 heterocycles. The van der Waals surface area contributed by atoms with Crippen LogP contribution in [0.3, 0.4) is 0 Å². The maximum absolute atomic E-state index is 11.8. The molecule has 0 bridgehead atoms. The van der Waals surface area contributed by atoms with E-state index in [4.69, 9.17) is 9.47 Å². The molecule has 0 fully saturated rings. The quantitative estimate of drug-likeness (QED) is 0.828. The molecule has 21 heavy (non-hydrogen) atoms. The van der Waals surface area contributed by atoms with Gasteiger partial charge in [-0.2, -0.15) is 0 Å². The molecule has 0 aliphatic heterocycles. The van der Waals surface area contributed by atoms with Gasteiger partial charge in [0.2, 0.25) is 0 Å². The lowest BCUT2D eigenvalue weighted by Crippen LogP contribution is -2.20. The van der Waals surface area contributed by atoms with Crippen molar-refractivity contribution in [2.75, 3.05) is 19.0 Å². The molecule has 108 valence electrons. The fourth-order valence-corrected chi connectivity index (χ4v) is 1.70. The van der Waals surface area contributed by atoms with Crippen LogP contribution in [-0.2, 0) is 4.79 Å². The molecule has 0 spiro atoms. The van der Waals surface area contributed by atoms with Crippen molar-refractivity contribution in [2.24, 2.45) is 0 Å². The summed E-state index contributed by atoms with van der Waals surface area (Å²) in [6, 6.07) is 13.6. The fraction of sp³-hybridized carbons (Fsp3) is 0.125. The van der Waals surface area contributed by atoms with E-state index in [1.165, 1.54) is 0 Å². The molecule has 0 aliphatic carbocycles. The van der Waals surface area contributed by atoms with E-state index in [2.05, 4.69) is 5.32 Å². The van der Waals surface area contributed by atoms with Gasteiger partial charge >= 0.3 is 0 Å². The molecule has 0 saturated heterocycles. The van der Waals surface area contributed by atoms with E-state index in [1.54, 1.807) is 55.6 Å². The molecule has 0 aromatic heterocycles. The van der Waals surface area contributed by atoms with Gasteiger partial charge in [0.1, 0.15) is 17.8 Å². The second-order valence-corrected chi connectivity index (χ2v) is 4.26. The average molecular weight is 285 g/mol. The van der Waals surface area contributed by atoms with Crippen molar-refractivity contribution >= 4 is 17.9 Å². The number of rotatable bonds is 6. The standard InChI is InChI=1S/C16H15NO4/c1-20-14-7-5-13(6-8-14)17-16(19)11-21-15-4-2-3-12(9-15)10-18/h2-10H,11H2,1H3,(H,17,19). The van der Waals surface area contributed by atoms with Gasteiger partial charge in [0.15, 0.2) is 6.61 Å². The van der Waals surface area contributed by atoms with Gasteiger partial charge < -0.3 is 14.8 Å². The Labute approximate surface area is 122 Å². The molecule has 0 radical (unpaired) electrons. The molecule has 0 aliphatic rings. The number of hydrogen-bond donors (Lipinski definition) is 1. The molecule has 2 aromatic carbocycles. The number of benzene rings is 2. The Morgan fingerprint density at radius 3 is 2.57 bits per heavy atom. The van der Waals surface area contributed by atoms with Gasteiger partial charge in [-0.3, -0.25) is 9.59 Å². The predicted octanol–water partition coefficient (Wildman–Crippen LogP) is 2.53. The number of nitrogens with one attached hydrogen (secondary N) is 1. The lowest BCUT2D eigenvalue weighted by molar-refractivity contribution is -0.118. The summed E-state index contributed by atoms with van der Waals surface area (Å²) in [5.74, 6) is 0.913. The van der Waals surface area contributed by atoms with E-state index in [0.717, 1.165) is 12.0 Å². The maximum atomic E-state index is 11.8. The van der Waals surface area contributed by atoms with Crippen LogP contribution in [0.5, 0.6) is 11.5 Å². The minimum atomic E-state index is -0.281. The van der Waals surface area contributed by atoms with Crippen LogP contribution in [0, 0.1) is 0 Å². The topological polar surface area (TPSA) is 64.6 Å². The highest BCUT2D eigenvalue weighted by Gasteiger charge is 2.04. The van der Waals surface area contributed by atoms with Crippen molar-refractivity contribution < 1.29 is 19.1 Å². The van der Waals surface area contributed by atoms with Crippen molar-refractivity contribution in [3.63, 3.8) is 0 Å². The third-order valence-corrected chi connectivity index (χ3v) is 2.74. The highest BCUT2D eigenvalue weighted by Crippen LogP contribution is 2.15. The Balaban J connectivity index is 1.87. The van der Waals surface area contributed by atoms with Crippen LogP contribution in [0.1, 0.15) is 10.4 Å². The summed E-state index contributed by atoms with van der Waals surface area (Å²) in [6.45, 7) is -0.131. The normalized spacial score (nSPS) is 9.76. The molecule has 2 aromatic rings. The van der Waals surface area contributed by atoms with Gasteiger partial charge in [0.05, 0.1) is 7.11 Å². The molecule has 1 amide bonds. The third kappa shape index (κ3) is 4.35. The number of anilines is 1. The monoisotopic (exact) mass is 285 g/mol. The van der Waals surface area contributed by atoms with E-state index < -0.39 is 0 Å². The van der Waals surface area contributed by atoms with E-state index in [9.17, 15) is 9.59 Å². The van der Waals surface area contributed by atoms with Crippen molar-refractivity contribution in [2.45, 2.75) is 0 Å². The van der Waals surface area contributed by atoms with Gasteiger partial charge in [0.25, 0.3) is 5.91 Å². The van der Waals surface area contributed by atoms with Crippen LogP contribution in [0.15, 0.2) is 48.5 Å². The molecule has 1 N–H and O–H groups in total. The first-order valence-corrected chi connectivity index (χ1v) is 6.33. The van der Waals surface area contributed by atoms with Crippen LogP contribution < -0.4 is 14.8 Å². The Hall–Kier alpha value is -2.82. The first kappa shape index (κ1) is 14.6. The number of hydrogen-bond acceptors (Lipinski definition) is 4. The van der Waals surface area contributed by atoms with Gasteiger partial charge in [-0.15, -0.1) is 0 Å². The van der Waals surface area contributed by atoms with Crippen LogP contribution in [0.2, 0.25) is 0 Å². The molecule has 0 saturated carbocycles. The predicted molar refractivity (Wildman–Crippen MR) is 78.9 cm³/mol. The Bertz CT molecular complexity index is 622. The zero-order valence-corrected chi connectivity index (χ0v) is 11.5. The van der Waals surface area contributed by atoms with E-state index >= 15 is 0 Å². The molecule has 5 heteroatoms. The Kier molecular flexibility index (Phi) is 4.93. The van der Waals surface area contributed by atoms with Crippen LogP contribution in [-0.4, -0.2) is 25.9 Å². The minimum absolute atomic E-state index is 0.131. The Morgan fingerprint density at radius 2 is 1.90 bits per heavy atom. The first-order chi connectivity index (χ1) is 10.2. The highest BCUT2D eigenvalue weighted by atomic mass is 16.5. The second kappa shape index (κ2) is 7.09. The summed E-state index contributed by atoms with van der Waals surface area (Å²) >= 11 is 0. The molecular weight excluding hydrogens is 270 g/mol. The molecule has 0 atom stereocenters. The van der Waals surface area contributed by atoms with Crippen molar-refractivity contribution in [3.8, 4) is 11.5 Å². The molecule has 2 rings (SSSR count). The molecule has 0 unspecified atom stereocenters. The summed E-state index contributed by atoms with van der Waals surface area (Å²) < 4.78 is 10.4. The van der Waals surface area contributed by atoms with E-state index in [0.29, 0.717) is 17.0 Å². The summed E-state index contributed by atoms with van der Waals surface area (Å²) in [5.41, 5.74) is 1.16. The van der Waals surface area contributed by atoms with Gasteiger partial charge in [0, 0.05) is 11.3 Å². The van der Waals surface area contributed by atoms with E-state index in [1.807, 2.05) is 0 Å². The summed E-state index contributed by atoms with van der Waals surface area (Å²) in [4.78, 5) is 22.4. The fourth-order valence-electron chi connectivity index (χ4n) is 1.70. The minimum Gasteiger partial charge on any atom is -0.497 e. The Morgan fingerprint density at radius 1 is 1.14 bits per heavy atom. The number of ether oxygens (including phenoxy) is 2. The number of carbonyl (C=O) groups is 2. The number of amides is 1. The molecular formula is C16H15NO4.